The van der Waals surface area contributed by atoms with Gasteiger partial charge in [0.05, 0.1) is 28.7 Å². The van der Waals surface area contributed by atoms with Crippen molar-refractivity contribution in [2.45, 2.75) is 20.0 Å². The Bertz CT molecular complexity index is 686. The van der Waals surface area contributed by atoms with Crippen LogP contribution in [0.15, 0.2) is 12.1 Å². The topological polar surface area (TPSA) is 34.2 Å². The molecular weight excluding hydrogens is 305 g/mol. The monoisotopic (exact) mass is 318 g/mol. The molecular formula is C14H14ClF3N2O. The second-order valence-electron chi connectivity index (χ2n) is 4.46. The van der Waals surface area contributed by atoms with Crippen LogP contribution in [0, 0.1) is 6.92 Å². The molecule has 1 aromatic heterocycles. The summed E-state index contributed by atoms with van der Waals surface area (Å²) in [6, 6.07) is 3.08. The molecule has 7 heteroatoms. The minimum absolute atomic E-state index is 0.0254. The van der Waals surface area contributed by atoms with Gasteiger partial charge in [-0.1, -0.05) is 11.6 Å². The summed E-state index contributed by atoms with van der Waals surface area (Å²) in [5, 5.41) is 3.56. The average molecular weight is 319 g/mol. The second kappa shape index (κ2) is 5.60. The van der Waals surface area contributed by atoms with Crippen LogP contribution in [-0.4, -0.2) is 18.6 Å². The highest BCUT2D eigenvalue weighted by molar-refractivity contribution is 6.35. The highest BCUT2D eigenvalue weighted by Crippen LogP contribution is 2.42. The summed E-state index contributed by atoms with van der Waals surface area (Å²) in [6.45, 7) is 3.65. The Balaban J connectivity index is 2.96. The van der Waals surface area contributed by atoms with Gasteiger partial charge in [-0.15, -0.1) is 0 Å². The molecule has 0 saturated heterocycles. The Morgan fingerprint density at radius 1 is 1.33 bits per heavy atom. The van der Waals surface area contributed by atoms with Crippen LogP contribution in [-0.2, 0) is 6.18 Å². The van der Waals surface area contributed by atoms with Crippen molar-refractivity contribution in [3.8, 4) is 5.75 Å². The third kappa shape index (κ3) is 2.72. The Morgan fingerprint density at radius 3 is 2.52 bits per heavy atom. The molecule has 0 spiro atoms. The van der Waals surface area contributed by atoms with Crippen molar-refractivity contribution in [2.24, 2.45) is 0 Å². The van der Waals surface area contributed by atoms with E-state index < -0.39 is 11.9 Å². The van der Waals surface area contributed by atoms with E-state index in [1.807, 2.05) is 0 Å². The number of fused-ring (bicyclic) bond motifs is 1. The molecule has 0 unspecified atom stereocenters. The number of hydrogen-bond donors (Lipinski definition) is 1. The maximum atomic E-state index is 13.1. The summed E-state index contributed by atoms with van der Waals surface area (Å²) >= 11 is 6.02. The van der Waals surface area contributed by atoms with Gasteiger partial charge in [0.2, 0.25) is 0 Å². The number of ether oxygens (including phenoxy) is 1. The molecule has 1 N–H and O–H groups in total. The van der Waals surface area contributed by atoms with Crippen molar-refractivity contribution >= 4 is 28.2 Å². The van der Waals surface area contributed by atoms with Gasteiger partial charge in [-0.3, -0.25) is 0 Å². The number of aromatic nitrogens is 1. The third-order valence-corrected chi connectivity index (χ3v) is 3.44. The first kappa shape index (κ1) is 15.7. The van der Waals surface area contributed by atoms with Gasteiger partial charge in [-0.05, 0) is 26.0 Å². The van der Waals surface area contributed by atoms with Crippen LogP contribution >= 0.6 is 11.6 Å². The van der Waals surface area contributed by atoms with Crippen LogP contribution in [0.1, 0.15) is 18.2 Å². The van der Waals surface area contributed by atoms with E-state index in [1.54, 1.807) is 13.0 Å². The second-order valence-corrected chi connectivity index (χ2v) is 4.87. The van der Waals surface area contributed by atoms with E-state index in [2.05, 4.69) is 10.3 Å². The largest absolute Gasteiger partial charge is 0.496 e. The van der Waals surface area contributed by atoms with Crippen molar-refractivity contribution < 1.29 is 17.9 Å². The highest BCUT2D eigenvalue weighted by Gasteiger charge is 2.36. The Morgan fingerprint density at radius 2 is 2.00 bits per heavy atom. The number of hydrogen-bond acceptors (Lipinski definition) is 3. The predicted octanol–water partition coefficient (Wildman–Crippen LogP) is 4.66. The first-order valence-electron chi connectivity index (χ1n) is 6.29. The van der Waals surface area contributed by atoms with Gasteiger partial charge in [0.15, 0.2) is 0 Å². The minimum Gasteiger partial charge on any atom is -0.496 e. The van der Waals surface area contributed by atoms with E-state index in [1.165, 1.54) is 20.1 Å². The van der Waals surface area contributed by atoms with Crippen molar-refractivity contribution in [1.29, 1.82) is 0 Å². The first-order chi connectivity index (χ1) is 9.81. The van der Waals surface area contributed by atoms with Crippen LogP contribution in [0.4, 0.5) is 18.9 Å². The first-order valence-corrected chi connectivity index (χ1v) is 6.66. The smallest absolute Gasteiger partial charge is 0.433 e. The van der Waals surface area contributed by atoms with Crippen LogP contribution in [0.5, 0.6) is 5.75 Å². The molecule has 0 amide bonds. The number of methoxy groups -OCH3 is 1. The van der Waals surface area contributed by atoms with Crippen molar-refractivity contribution in [3.05, 3.63) is 28.4 Å². The van der Waals surface area contributed by atoms with Gasteiger partial charge < -0.3 is 10.1 Å². The molecule has 2 aromatic rings. The Kier molecular flexibility index (Phi) is 4.18. The molecule has 0 bridgehead atoms. The Labute approximate surface area is 125 Å². The summed E-state index contributed by atoms with van der Waals surface area (Å²) in [5.41, 5.74) is -0.502. The van der Waals surface area contributed by atoms with Gasteiger partial charge in [0.1, 0.15) is 11.4 Å². The molecule has 0 aliphatic heterocycles. The van der Waals surface area contributed by atoms with E-state index in [0.29, 0.717) is 23.4 Å². The zero-order valence-corrected chi connectivity index (χ0v) is 12.5. The summed E-state index contributed by atoms with van der Waals surface area (Å²) in [4.78, 5) is 3.72. The highest BCUT2D eigenvalue weighted by atomic mass is 35.5. The Hall–Kier alpha value is -1.69. The van der Waals surface area contributed by atoms with Crippen LogP contribution in [0.3, 0.4) is 0 Å². The van der Waals surface area contributed by atoms with Crippen LogP contribution < -0.4 is 10.1 Å². The molecule has 0 aliphatic rings. The van der Waals surface area contributed by atoms with E-state index in [9.17, 15) is 13.2 Å². The summed E-state index contributed by atoms with van der Waals surface area (Å²) in [7, 11) is 1.45. The standard InChI is InChI=1S/C14H14ClF3N2O/c1-4-19-11-7(2)13(14(16,17)18)20-12-8(15)5-6-9(21-3)10(11)12/h5-6H,4H2,1-3H3,(H,19,20). The molecule has 0 radical (unpaired) electrons. The normalized spacial score (nSPS) is 11.8. The number of benzene rings is 1. The van der Waals surface area contributed by atoms with Gasteiger partial charge in [0.25, 0.3) is 0 Å². The van der Waals surface area contributed by atoms with E-state index >= 15 is 0 Å². The van der Waals surface area contributed by atoms with E-state index in [0.717, 1.165) is 0 Å². The van der Waals surface area contributed by atoms with Crippen molar-refractivity contribution in [3.63, 3.8) is 0 Å². The third-order valence-electron chi connectivity index (χ3n) is 3.14. The molecule has 0 atom stereocenters. The lowest BCUT2D eigenvalue weighted by Crippen LogP contribution is -2.14. The lowest BCUT2D eigenvalue weighted by molar-refractivity contribution is -0.141. The average Bonchev–Trinajstić information content (AvgIpc) is 2.41. The lowest BCUT2D eigenvalue weighted by atomic mass is 10.1. The summed E-state index contributed by atoms with van der Waals surface area (Å²) in [5.74, 6) is 0.426. The SMILES string of the molecule is CCNc1c(C)c(C(F)(F)F)nc2c(Cl)ccc(OC)c12. The molecule has 2 rings (SSSR count). The van der Waals surface area contributed by atoms with Crippen molar-refractivity contribution in [1.82, 2.24) is 4.98 Å². The number of anilines is 1. The quantitative estimate of drug-likeness (QED) is 0.894. The molecule has 3 nitrogen and oxygen atoms in total. The number of alkyl halides is 3. The fraction of sp³-hybridized carbons (Fsp3) is 0.357. The maximum absolute atomic E-state index is 13.1. The lowest BCUT2D eigenvalue weighted by Gasteiger charge is -2.19. The zero-order chi connectivity index (χ0) is 15.8. The zero-order valence-electron chi connectivity index (χ0n) is 11.7. The van der Waals surface area contributed by atoms with Gasteiger partial charge >= 0.3 is 6.18 Å². The molecule has 0 fully saturated rings. The maximum Gasteiger partial charge on any atom is 0.433 e. The molecule has 1 aromatic carbocycles. The number of halogens is 4. The molecule has 0 saturated carbocycles. The predicted molar refractivity (Wildman–Crippen MR) is 77.2 cm³/mol. The van der Waals surface area contributed by atoms with Crippen LogP contribution in [0.2, 0.25) is 5.02 Å². The fourth-order valence-corrected chi connectivity index (χ4v) is 2.44. The number of pyridine rings is 1. The van der Waals surface area contributed by atoms with Gasteiger partial charge in [0, 0.05) is 12.1 Å². The summed E-state index contributed by atoms with van der Waals surface area (Å²) < 4.78 is 44.7. The molecule has 114 valence electrons. The molecule has 21 heavy (non-hydrogen) atoms. The fourth-order valence-electron chi connectivity index (χ4n) is 2.24. The van der Waals surface area contributed by atoms with Gasteiger partial charge in [-0.25, -0.2) is 4.98 Å². The minimum atomic E-state index is -4.55. The van der Waals surface area contributed by atoms with Crippen LogP contribution in [0.25, 0.3) is 10.9 Å². The van der Waals surface area contributed by atoms with Gasteiger partial charge in [-0.2, -0.15) is 13.2 Å². The molecule has 0 aliphatic carbocycles. The number of nitrogens with zero attached hydrogens (tertiary/aromatic N) is 1. The van der Waals surface area contributed by atoms with E-state index in [-0.39, 0.29) is 16.1 Å². The van der Waals surface area contributed by atoms with E-state index in [4.69, 9.17) is 16.3 Å². The van der Waals surface area contributed by atoms with Crippen molar-refractivity contribution in [2.75, 3.05) is 19.0 Å². The summed E-state index contributed by atoms with van der Waals surface area (Å²) in [6.07, 6.45) is -4.55. The number of nitrogens with one attached hydrogen (secondary N) is 1. The molecule has 1 heterocycles. The number of rotatable bonds is 3.